The summed E-state index contributed by atoms with van der Waals surface area (Å²) >= 11 is 1.11. The summed E-state index contributed by atoms with van der Waals surface area (Å²) in [6, 6.07) is 4.83. The molecule has 3 rings (SSSR count). The van der Waals surface area contributed by atoms with Gasteiger partial charge in [-0.05, 0) is 36.9 Å². The van der Waals surface area contributed by atoms with Crippen LogP contribution >= 0.6 is 11.3 Å². The number of carbonyl (C=O) groups excluding carboxylic acids is 3. The molecule has 9 heteroatoms. The Hall–Kier alpha value is -2.94. The van der Waals surface area contributed by atoms with Gasteiger partial charge in [0.1, 0.15) is 17.3 Å². The van der Waals surface area contributed by atoms with Crippen LogP contribution in [-0.4, -0.2) is 37.2 Å². The monoisotopic (exact) mass is 406 g/mol. The van der Waals surface area contributed by atoms with Crippen molar-refractivity contribution in [1.82, 2.24) is 10.6 Å². The first-order valence-corrected chi connectivity index (χ1v) is 9.58. The number of urea groups is 1. The molecule has 28 heavy (non-hydrogen) atoms. The average Bonchev–Trinajstić information content (AvgIpc) is 3.08. The topological polar surface area (TPSA) is 93.7 Å². The van der Waals surface area contributed by atoms with E-state index in [4.69, 9.17) is 9.47 Å². The van der Waals surface area contributed by atoms with Gasteiger partial charge in [-0.2, -0.15) is 0 Å². The summed E-state index contributed by atoms with van der Waals surface area (Å²) in [7, 11) is 0. The number of benzene rings is 1. The van der Waals surface area contributed by atoms with Crippen LogP contribution in [0, 0.1) is 5.82 Å². The number of esters is 2. The van der Waals surface area contributed by atoms with Crippen molar-refractivity contribution in [3.8, 4) is 0 Å². The van der Waals surface area contributed by atoms with Gasteiger partial charge in [0.15, 0.2) is 0 Å². The number of carbonyl (C=O) groups is 3. The number of hydrogen-bond donors (Lipinski definition) is 2. The largest absolute Gasteiger partial charge is 0.463 e. The zero-order valence-corrected chi connectivity index (χ0v) is 16.2. The smallest absolute Gasteiger partial charge is 0.348 e. The fraction of sp³-hybridized carbons (Fsp3) is 0.316. The average molecular weight is 406 g/mol. The highest BCUT2D eigenvalue weighted by Gasteiger charge is 2.32. The molecule has 2 heterocycles. The minimum absolute atomic E-state index is 0.179. The Morgan fingerprint density at radius 1 is 1.18 bits per heavy atom. The molecule has 0 saturated heterocycles. The molecule has 1 aromatic carbocycles. The summed E-state index contributed by atoms with van der Waals surface area (Å²) in [6.07, 6.45) is 0.473. The molecule has 7 nitrogen and oxygen atoms in total. The Morgan fingerprint density at radius 2 is 1.96 bits per heavy atom. The maximum absolute atomic E-state index is 13.3. The van der Waals surface area contributed by atoms with Gasteiger partial charge in [0.05, 0.1) is 23.9 Å². The van der Waals surface area contributed by atoms with E-state index < -0.39 is 24.0 Å². The fourth-order valence-electron chi connectivity index (χ4n) is 2.89. The number of halogens is 1. The quantitative estimate of drug-likeness (QED) is 0.719. The van der Waals surface area contributed by atoms with Gasteiger partial charge in [-0.1, -0.05) is 13.0 Å². The van der Waals surface area contributed by atoms with E-state index in [-0.39, 0.29) is 30.3 Å². The van der Waals surface area contributed by atoms with Crippen LogP contribution < -0.4 is 10.6 Å². The Labute approximate surface area is 164 Å². The predicted molar refractivity (Wildman–Crippen MR) is 101 cm³/mol. The van der Waals surface area contributed by atoms with Crippen LogP contribution in [-0.2, 0) is 14.3 Å². The third-order valence-corrected chi connectivity index (χ3v) is 5.26. The number of hydrogen-bond acceptors (Lipinski definition) is 6. The van der Waals surface area contributed by atoms with Crippen LogP contribution in [0.3, 0.4) is 0 Å². The summed E-state index contributed by atoms with van der Waals surface area (Å²) in [5, 5.41) is 5.89. The van der Waals surface area contributed by atoms with Crippen molar-refractivity contribution in [1.29, 1.82) is 0 Å². The van der Waals surface area contributed by atoms with Crippen LogP contribution in [0.2, 0.25) is 0 Å². The minimum Gasteiger partial charge on any atom is -0.463 e. The van der Waals surface area contributed by atoms with Gasteiger partial charge >= 0.3 is 18.0 Å². The number of ether oxygens (including phenoxy) is 2. The van der Waals surface area contributed by atoms with Crippen LogP contribution in [0.15, 0.2) is 35.5 Å². The lowest BCUT2D eigenvalue weighted by atomic mass is 10.0. The highest BCUT2D eigenvalue weighted by atomic mass is 32.1. The third kappa shape index (κ3) is 4.14. The van der Waals surface area contributed by atoms with E-state index >= 15 is 0 Å². The third-order valence-electron chi connectivity index (χ3n) is 4.18. The Bertz CT molecular complexity index is 968. The second-order valence-corrected chi connectivity index (χ2v) is 7.12. The Kier molecular flexibility index (Phi) is 5.93. The molecule has 0 saturated carbocycles. The molecule has 0 bridgehead atoms. The summed E-state index contributed by atoms with van der Waals surface area (Å²) in [6.45, 7) is 3.38. The van der Waals surface area contributed by atoms with Crippen molar-refractivity contribution >= 4 is 39.4 Å². The first-order valence-electron chi connectivity index (χ1n) is 8.76. The van der Waals surface area contributed by atoms with E-state index in [0.717, 1.165) is 16.7 Å². The maximum Gasteiger partial charge on any atom is 0.348 e. The van der Waals surface area contributed by atoms with Crippen molar-refractivity contribution in [3.63, 3.8) is 0 Å². The van der Waals surface area contributed by atoms with E-state index in [2.05, 4.69) is 10.6 Å². The lowest BCUT2D eigenvalue weighted by Gasteiger charge is -2.28. The molecule has 2 amide bonds. The summed E-state index contributed by atoms with van der Waals surface area (Å²) in [5.74, 6) is -1.59. The highest BCUT2D eigenvalue weighted by molar-refractivity contribution is 7.20. The molecule has 2 aromatic rings. The van der Waals surface area contributed by atoms with E-state index in [1.807, 2.05) is 6.92 Å². The van der Waals surface area contributed by atoms with Crippen molar-refractivity contribution in [2.24, 2.45) is 0 Å². The van der Waals surface area contributed by atoms with Gasteiger partial charge in [0.2, 0.25) is 0 Å². The highest BCUT2D eigenvalue weighted by Crippen LogP contribution is 2.27. The number of thiophene rings is 1. The molecule has 0 radical (unpaired) electrons. The van der Waals surface area contributed by atoms with Crippen molar-refractivity contribution in [2.45, 2.75) is 26.3 Å². The molecule has 0 aliphatic carbocycles. The van der Waals surface area contributed by atoms with Gasteiger partial charge < -0.3 is 20.1 Å². The standard InChI is InChI=1S/C19H19FN2O5S/c1-3-12-16(18(24)26-4-2)13(22-19(25)21-12)9-27-17(23)15-7-10-5-6-11(20)8-14(10)28-15/h5-8,12H,3-4,9H2,1-2H3,(H2,21,22,25). The molecule has 1 unspecified atom stereocenters. The number of fused-ring (bicyclic) bond motifs is 1. The summed E-state index contributed by atoms with van der Waals surface area (Å²) in [4.78, 5) is 36.9. The SMILES string of the molecule is CCOC(=O)C1=C(COC(=O)c2cc3ccc(F)cc3s2)NC(=O)NC1CC. The Balaban J connectivity index is 1.81. The first kappa shape index (κ1) is 19.8. The van der Waals surface area contributed by atoms with E-state index in [1.54, 1.807) is 19.1 Å². The molecule has 1 aliphatic heterocycles. The summed E-state index contributed by atoms with van der Waals surface area (Å²) in [5.41, 5.74) is 0.421. The number of amides is 2. The zero-order chi connectivity index (χ0) is 20.3. The lowest BCUT2D eigenvalue weighted by molar-refractivity contribution is -0.139. The molecule has 148 valence electrons. The fourth-order valence-corrected chi connectivity index (χ4v) is 3.87. The molecule has 2 N–H and O–H groups in total. The normalized spacial score (nSPS) is 16.5. The molecular weight excluding hydrogens is 387 g/mol. The van der Waals surface area contributed by atoms with Gasteiger partial charge in [0.25, 0.3) is 0 Å². The second-order valence-electron chi connectivity index (χ2n) is 6.04. The minimum atomic E-state index is -0.627. The number of rotatable bonds is 6. The van der Waals surface area contributed by atoms with Crippen LogP contribution in [0.5, 0.6) is 0 Å². The van der Waals surface area contributed by atoms with E-state index in [1.165, 1.54) is 12.1 Å². The molecule has 0 spiro atoms. The van der Waals surface area contributed by atoms with Crippen LogP contribution in [0.25, 0.3) is 10.1 Å². The predicted octanol–water partition coefficient (Wildman–Crippen LogP) is 3.11. The lowest BCUT2D eigenvalue weighted by Crippen LogP contribution is -2.51. The number of nitrogens with one attached hydrogen (secondary N) is 2. The molecular formula is C19H19FN2O5S. The van der Waals surface area contributed by atoms with Gasteiger partial charge in [-0.25, -0.2) is 18.8 Å². The van der Waals surface area contributed by atoms with Crippen LogP contribution in [0.1, 0.15) is 29.9 Å². The molecule has 1 aromatic heterocycles. The van der Waals surface area contributed by atoms with Gasteiger partial charge in [-0.3, -0.25) is 0 Å². The molecule has 1 aliphatic rings. The van der Waals surface area contributed by atoms with Crippen molar-refractivity contribution in [3.05, 3.63) is 46.2 Å². The van der Waals surface area contributed by atoms with Crippen molar-refractivity contribution in [2.75, 3.05) is 13.2 Å². The molecule has 1 atom stereocenters. The maximum atomic E-state index is 13.3. The van der Waals surface area contributed by atoms with Gasteiger partial charge in [-0.15, -0.1) is 11.3 Å². The second kappa shape index (κ2) is 8.39. The molecule has 0 fully saturated rings. The van der Waals surface area contributed by atoms with Crippen molar-refractivity contribution < 1.29 is 28.2 Å². The Morgan fingerprint density at radius 3 is 2.68 bits per heavy atom. The van der Waals surface area contributed by atoms with Crippen LogP contribution in [0.4, 0.5) is 9.18 Å². The first-order chi connectivity index (χ1) is 13.4. The van der Waals surface area contributed by atoms with Gasteiger partial charge in [0, 0.05) is 4.70 Å². The van der Waals surface area contributed by atoms with E-state index in [0.29, 0.717) is 16.0 Å². The zero-order valence-electron chi connectivity index (χ0n) is 15.3. The summed E-state index contributed by atoms with van der Waals surface area (Å²) < 4.78 is 24.3. The van der Waals surface area contributed by atoms with E-state index in [9.17, 15) is 18.8 Å².